The Morgan fingerprint density at radius 3 is 2.50 bits per heavy atom. The SMILES string of the molecule is C=Cc1ccccc1C(C)C[Si](OC)OC. The molecular formula is C13H19O2Si. The molecule has 0 aromatic heterocycles. The van der Waals surface area contributed by atoms with Crippen molar-refractivity contribution in [1.82, 2.24) is 0 Å². The van der Waals surface area contributed by atoms with Crippen LogP contribution in [0.15, 0.2) is 30.8 Å². The Kier molecular flexibility index (Phi) is 5.45. The van der Waals surface area contributed by atoms with Crippen molar-refractivity contribution in [3.05, 3.63) is 42.0 Å². The van der Waals surface area contributed by atoms with Crippen LogP contribution in [0, 0.1) is 0 Å². The molecule has 0 N–H and O–H groups in total. The average Bonchev–Trinajstić information content (AvgIpc) is 2.35. The van der Waals surface area contributed by atoms with Gasteiger partial charge in [-0.1, -0.05) is 43.8 Å². The van der Waals surface area contributed by atoms with Gasteiger partial charge in [-0.15, -0.1) is 0 Å². The normalized spacial score (nSPS) is 12.8. The number of benzene rings is 1. The fourth-order valence-electron chi connectivity index (χ4n) is 1.76. The molecule has 1 atom stereocenters. The van der Waals surface area contributed by atoms with Gasteiger partial charge in [-0.3, -0.25) is 0 Å². The third-order valence-corrected chi connectivity index (χ3v) is 4.53. The van der Waals surface area contributed by atoms with Crippen LogP contribution in [0.5, 0.6) is 0 Å². The summed E-state index contributed by atoms with van der Waals surface area (Å²) in [4.78, 5) is 0. The van der Waals surface area contributed by atoms with Crippen LogP contribution in [0.25, 0.3) is 6.08 Å². The van der Waals surface area contributed by atoms with E-state index in [1.165, 1.54) is 11.1 Å². The van der Waals surface area contributed by atoms with Crippen molar-refractivity contribution in [3.63, 3.8) is 0 Å². The van der Waals surface area contributed by atoms with Crippen LogP contribution >= 0.6 is 0 Å². The smallest absolute Gasteiger partial charge is 0.384 e. The van der Waals surface area contributed by atoms with Crippen molar-refractivity contribution in [2.24, 2.45) is 0 Å². The molecule has 16 heavy (non-hydrogen) atoms. The van der Waals surface area contributed by atoms with Gasteiger partial charge in [0.25, 0.3) is 0 Å². The Balaban J connectivity index is 2.79. The zero-order chi connectivity index (χ0) is 12.0. The lowest BCUT2D eigenvalue weighted by Gasteiger charge is -2.17. The van der Waals surface area contributed by atoms with Crippen LogP contribution in [0.2, 0.25) is 6.04 Å². The predicted molar refractivity (Wildman–Crippen MR) is 69.5 cm³/mol. The minimum atomic E-state index is -1.13. The first-order valence-corrected chi connectivity index (χ1v) is 6.90. The van der Waals surface area contributed by atoms with Crippen molar-refractivity contribution in [2.75, 3.05) is 14.2 Å². The number of hydrogen-bond acceptors (Lipinski definition) is 2. The topological polar surface area (TPSA) is 18.5 Å². The Morgan fingerprint density at radius 2 is 1.94 bits per heavy atom. The maximum atomic E-state index is 5.32. The molecule has 0 saturated carbocycles. The Morgan fingerprint density at radius 1 is 1.31 bits per heavy atom. The predicted octanol–water partition coefficient (Wildman–Crippen LogP) is 3.21. The van der Waals surface area contributed by atoms with Gasteiger partial charge in [0.15, 0.2) is 0 Å². The Labute approximate surface area is 99.7 Å². The van der Waals surface area contributed by atoms with E-state index < -0.39 is 9.28 Å². The first-order chi connectivity index (χ1) is 7.72. The van der Waals surface area contributed by atoms with Gasteiger partial charge in [0.2, 0.25) is 0 Å². The van der Waals surface area contributed by atoms with Gasteiger partial charge in [0.1, 0.15) is 0 Å². The monoisotopic (exact) mass is 235 g/mol. The van der Waals surface area contributed by atoms with E-state index in [2.05, 4.69) is 31.7 Å². The summed E-state index contributed by atoms with van der Waals surface area (Å²) in [6, 6.07) is 9.27. The molecule has 87 valence electrons. The summed E-state index contributed by atoms with van der Waals surface area (Å²) in [5.74, 6) is 0.433. The molecule has 0 amide bonds. The standard InChI is InChI=1S/C13H19O2Si/c1-5-12-8-6-7-9-13(12)11(2)10-16(14-3)15-4/h5-9,11H,1,10H2,2-4H3. The largest absolute Gasteiger partial charge is 0.397 e. The summed E-state index contributed by atoms with van der Waals surface area (Å²) in [5, 5.41) is 0. The van der Waals surface area contributed by atoms with Crippen LogP contribution in [0.4, 0.5) is 0 Å². The van der Waals surface area contributed by atoms with Crippen molar-refractivity contribution >= 4 is 15.4 Å². The molecular weight excluding hydrogens is 216 g/mol. The highest BCUT2D eigenvalue weighted by molar-refractivity contribution is 6.44. The fourth-order valence-corrected chi connectivity index (χ4v) is 2.98. The summed E-state index contributed by atoms with van der Waals surface area (Å²) in [6.07, 6.45) is 1.90. The third kappa shape index (κ3) is 3.30. The highest BCUT2D eigenvalue weighted by Gasteiger charge is 2.19. The van der Waals surface area contributed by atoms with Gasteiger partial charge in [-0.2, -0.15) is 0 Å². The number of rotatable bonds is 6. The molecule has 1 unspecified atom stereocenters. The van der Waals surface area contributed by atoms with E-state index in [0.717, 1.165) is 6.04 Å². The van der Waals surface area contributed by atoms with Crippen LogP contribution < -0.4 is 0 Å². The molecule has 0 fully saturated rings. The van der Waals surface area contributed by atoms with E-state index in [0.29, 0.717) is 5.92 Å². The van der Waals surface area contributed by atoms with Gasteiger partial charge in [-0.05, 0) is 23.1 Å². The molecule has 0 aliphatic carbocycles. The minimum absolute atomic E-state index is 0.433. The molecule has 0 bridgehead atoms. The fraction of sp³-hybridized carbons (Fsp3) is 0.385. The molecule has 1 radical (unpaired) electrons. The van der Waals surface area contributed by atoms with Crippen molar-refractivity contribution in [2.45, 2.75) is 18.9 Å². The van der Waals surface area contributed by atoms with E-state index in [1.807, 2.05) is 12.1 Å². The highest BCUT2D eigenvalue weighted by Crippen LogP contribution is 2.25. The molecule has 0 saturated heterocycles. The molecule has 0 heterocycles. The molecule has 0 aliphatic rings. The van der Waals surface area contributed by atoms with Crippen molar-refractivity contribution in [1.29, 1.82) is 0 Å². The minimum Gasteiger partial charge on any atom is -0.397 e. The lowest BCUT2D eigenvalue weighted by atomic mass is 9.97. The second kappa shape index (κ2) is 6.63. The second-order valence-electron chi connectivity index (χ2n) is 3.72. The van der Waals surface area contributed by atoms with Crippen molar-refractivity contribution in [3.8, 4) is 0 Å². The molecule has 2 nitrogen and oxygen atoms in total. The Bertz CT molecular complexity index is 334. The van der Waals surface area contributed by atoms with Crippen molar-refractivity contribution < 1.29 is 8.85 Å². The quantitative estimate of drug-likeness (QED) is 0.705. The third-order valence-electron chi connectivity index (χ3n) is 2.68. The average molecular weight is 235 g/mol. The first kappa shape index (κ1) is 13.2. The summed E-state index contributed by atoms with van der Waals surface area (Å²) in [7, 11) is 2.30. The molecule has 1 aromatic carbocycles. The maximum absolute atomic E-state index is 5.32. The summed E-state index contributed by atoms with van der Waals surface area (Å²) in [6.45, 7) is 6.04. The van der Waals surface area contributed by atoms with Gasteiger partial charge in [0, 0.05) is 14.2 Å². The van der Waals surface area contributed by atoms with Gasteiger partial charge in [-0.25, -0.2) is 0 Å². The van der Waals surface area contributed by atoms with Gasteiger partial charge in [0.05, 0.1) is 0 Å². The summed E-state index contributed by atoms with van der Waals surface area (Å²) >= 11 is 0. The van der Waals surface area contributed by atoms with Gasteiger partial charge < -0.3 is 8.85 Å². The van der Waals surface area contributed by atoms with E-state index >= 15 is 0 Å². The number of hydrogen-bond donors (Lipinski definition) is 0. The second-order valence-corrected chi connectivity index (χ2v) is 5.69. The van der Waals surface area contributed by atoms with E-state index in [-0.39, 0.29) is 0 Å². The van der Waals surface area contributed by atoms with Crippen LogP contribution in [-0.2, 0) is 8.85 Å². The van der Waals surface area contributed by atoms with Crippen LogP contribution in [0.3, 0.4) is 0 Å². The lowest BCUT2D eigenvalue weighted by Crippen LogP contribution is -2.21. The lowest BCUT2D eigenvalue weighted by molar-refractivity contribution is 0.275. The molecule has 0 spiro atoms. The van der Waals surface area contributed by atoms with E-state index in [9.17, 15) is 0 Å². The molecule has 1 rings (SSSR count). The molecule has 3 heteroatoms. The van der Waals surface area contributed by atoms with Crippen LogP contribution in [-0.4, -0.2) is 23.5 Å². The zero-order valence-electron chi connectivity index (χ0n) is 10.2. The zero-order valence-corrected chi connectivity index (χ0v) is 11.2. The molecule has 1 aromatic rings. The maximum Gasteiger partial charge on any atom is 0.384 e. The van der Waals surface area contributed by atoms with Gasteiger partial charge >= 0.3 is 9.28 Å². The highest BCUT2D eigenvalue weighted by atomic mass is 28.3. The van der Waals surface area contributed by atoms with E-state index in [4.69, 9.17) is 8.85 Å². The summed E-state index contributed by atoms with van der Waals surface area (Å²) < 4.78 is 10.6. The Hall–Kier alpha value is -0.903. The first-order valence-electron chi connectivity index (χ1n) is 5.38. The van der Waals surface area contributed by atoms with E-state index in [1.54, 1.807) is 14.2 Å². The van der Waals surface area contributed by atoms with Crippen LogP contribution in [0.1, 0.15) is 24.0 Å². The summed E-state index contributed by atoms with van der Waals surface area (Å²) in [5.41, 5.74) is 2.51. The molecule has 0 aliphatic heterocycles.